The molecule has 1 saturated heterocycles. The first-order valence-electron chi connectivity index (χ1n) is 10.5. The number of rotatable bonds is 6. The van der Waals surface area contributed by atoms with Crippen LogP contribution in [0.4, 0.5) is 4.39 Å². The summed E-state index contributed by atoms with van der Waals surface area (Å²) in [6.45, 7) is 1.94. The van der Waals surface area contributed by atoms with E-state index in [4.69, 9.17) is 0 Å². The number of halogens is 1. The van der Waals surface area contributed by atoms with Crippen molar-refractivity contribution in [2.75, 3.05) is 6.54 Å². The topological polar surface area (TPSA) is 32.3 Å². The molecule has 3 aromatic carbocycles. The van der Waals surface area contributed by atoms with Gasteiger partial charge in [0.25, 0.3) is 0 Å². The molecule has 0 aromatic heterocycles. The van der Waals surface area contributed by atoms with Crippen LogP contribution >= 0.6 is 0 Å². The van der Waals surface area contributed by atoms with E-state index in [2.05, 4.69) is 34.5 Å². The standard InChI is InChI=1S/C26H27FN2O/c27-24-14-11-21(12-15-24)18-29-19-23(13-16-25(29)22-9-5-2-6-10-22)26(30)28-17-20-7-3-1-4-8-20/h1-12,14-15,23,25H,13,16-19H2,(H,28,30)/t23-,25+/m0/s1. The Morgan fingerprint density at radius 1 is 0.867 bits per heavy atom. The fourth-order valence-corrected chi connectivity index (χ4v) is 4.24. The van der Waals surface area contributed by atoms with Crippen molar-refractivity contribution in [3.05, 3.63) is 107 Å². The Morgan fingerprint density at radius 3 is 2.23 bits per heavy atom. The molecule has 1 heterocycles. The molecule has 30 heavy (non-hydrogen) atoms. The predicted octanol–water partition coefficient (Wildman–Crippen LogP) is 5.10. The Bertz CT molecular complexity index is 944. The zero-order chi connectivity index (χ0) is 20.8. The molecule has 0 aliphatic carbocycles. The van der Waals surface area contributed by atoms with Crippen molar-refractivity contribution in [1.82, 2.24) is 10.2 Å². The van der Waals surface area contributed by atoms with Gasteiger partial charge in [-0.2, -0.15) is 0 Å². The molecule has 1 aliphatic heterocycles. The third-order valence-electron chi connectivity index (χ3n) is 5.85. The normalized spacial score (nSPS) is 19.4. The van der Waals surface area contributed by atoms with Crippen LogP contribution in [0.5, 0.6) is 0 Å². The van der Waals surface area contributed by atoms with Crippen LogP contribution in [-0.2, 0) is 17.9 Å². The zero-order valence-electron chi connectivity index (χ0n) is 17.0. The molecule has 4 heteroatoms. The van der Waals surface area contributed by atoms with E-state index >= 15 is 0 Å². The lowest BCUT2D eigenvalue weighted by molar-refractivity contribution is -0.127. The maximum absolute atomic E-state index is 13.3. The summed E-state index contributed by atoms with van der Waals surface area (Å²) in [5, 5.41) is 3.10. The number of likely N-dealkylation sites (tertiary alicyclic amines) is 1. The highest BCUT2D eigenvalue weighted by atomic mass is 19.1. The number of nitrogens with one attached hydrogen (secondary N) is 1. The fraction of sp³-hybridized carbons (Fsp3) is 0.269. The summed E-state index contributed by atoms with van der Waals surface area (Å²) in [6, 6.07) is 27.3. The van der Waals surface area contributed by atoms with Gasteiger partial charge in [0.2, 0.25) is 5.91 Å². The Balaban J connectivity index is 1.46. The van der Waals surface area contributed by atoms with Gasteiger partial charge in [0, 0.05) is 25.7 Å². The molecule has 4 rings (SSSR count). The highest BCUT2D eigenvalue weighted by Crippen LogP contribution is 2.34. The maximum atomic E-state index is 13.3. The smallest absolute Gasteiger partial charge is 0.224 e. The van der Waals surface area contributed by atoms with E-state index in [9.17, 15) is 9.18 Å². The average Bonchev–Trinajstić information content (AvgIpc) is 2.80. The second-order valence-electron chi connectivity index (χ2n) is 7.96. The molecule has 2 atom stereocenters. The zero-order valence-corrected chi connectivity index (χ0v) is 17.0. The third-order valence-corrected chi connectivity index (χ3v) is 5.85. The van der Waals surface area contributed by atoms with Crippen molar-refractivity contribution >= 4 is 5.91 Å². The van der Waals surface area contributed by atoms with Gasteiger partial charge in [-0.05, 0) is 41.7 Å². The van der Waals surface area contributed by atoms with E-state index < -0.39 is 0 Å². The second-order valence-corrected chi connectivity index (χ2v) is 7.96. The minimum atomic E-state index is -0.227. The molecule has 0 bridgehead atoms. The Hall–Kier alpha value is -2.98. The van der Waals surface area contributed by atoms with Crippen molar-refractivity contribution in [3.63, 3.8) is 0 Å². The van der Waals surface area contributed by atoms with Gasteiger partial charge in [-0.3, -0.25) is 9.69 Å². The largest absolute Gasteiger partial charge is 0.352 e. The number of benzene rings is 3. The van der Waals surface area contributed by atoms with E-state index in [0.29, 0.717) is 19.6 Å². The van der Waals surface area contributed by atoms with Crippen molar-refractivity contribution < 1.29 is 9.18 Å². The van der Waals surface area contributed by atoms with Crippen molar-refractivity contribution in [1.29, 1.82) is 0 Å². The predicted molar refractivity (Wildman–Crippen MR) is 117 cm³/mol. The van der Waals surface area contributed by atoms with Gasteiger partial charge in [-0.15, -0.1) is 0 Å². The molecular weight excluding hydrogens is 375 g/mol. The Labute approximate surface area is 177 Å². The van der Waals surface area contributed by atoms with E-state index in [1.807, 2.05) is 48.5 Å². The first-order chi connectivity index (χ1) is 14.7. The van der Waals surface area contributed by atoms with Crippen molar-refractivity contribution in [2.45, 2.75) is 32.0 Å². The number of hydrogen-bond acceptors (Lipinski definition) is 2. The lowest BCUT2D eigenvalue weighted by atomic mass is 9.88. The molecule has 0 spiro atoms. The van der Waals surface area contributed by atoms with Crippen LogP contribution in [-0.4, -0.2) is 17.4 Å². The molecule has 154 valence electrons. The summed E-state index contributed by atoms with van der Waals surface area (Å²) in [6.07, 6.45) is 1.79. The monoisotopic (exact) mass is 402 g/mol. The lowest BCUT2D eigenvalue weighted by Gasteiger charge is -2.39. The third kappa shape index (κ3) is 5.14. The summed E-state index contributed by atoms with van der Waals surface area (Å²) >= 11 is 0. The summed E-state index contributed by atoms with van der Waals surface area (Å²) < 4.78 is 13.3. The summed E-state index contributed by atoms with van der Waals surface area (Å²) in [4.78, 5) is 15.2. The van der Waals surface area contributed by atoms with Crippen molar-refractivity contribution in [2.24, 2.45) is 5.92 Å². The number of piperidine rings is 1. The second kappa shape index (κ2) is 9.68. The first-order valence-corrected chi connectivity index (χ1v) is 10.5. The number of carbonyl (C=O) groups excluding carboxylic acids is 1. The fourth-order valence-electron chi connectivity index (χ4n) is 4.24. The van der Waals surface area contributed by atoms with Crippen molar-refractivity contribution in [3.8, 4) is 0 Å². The lowest BCUT2D eigenvalue weighted by Crippen LogP contribution is -2.44. The quantitative estimate of drug-likeness (QED) is 0.622. The summed E-state index contributed by atoms with van der Waals surface area (Å²) in [5.74, 6) is -0.168. The van der Waals surface area contributed by atoms with Gasteiger partial charge < -0.3 is 5.32 Å². The number of hydrogen-bond donors (Lipinski definition) is 1. The van der Waals surface area contributed by atoms with Gasteiger partial charge in [-0.25, -0.2) is 4.39 Å². The number of amides is 1. The minimum Gasteiger partial charge on any atom is -0.352 e. The number of nitrogens with zero attached hydrogens (tertiary/aromatic N) is 1. The van der Waals surface area contributed by atoms with Gasteiger partial charge in [0.05, 0.1) is 5.92 Å². The molecule has 1 fully saturated rings. The van der Waals surface area contributed by atoms with Crippen LogP contribution in [0.1, 0.15) is 35.6 Å². The molecule has 1 N–H and O–H groups in total. The molecule has 0 saturated carbocycles. The summed E-state index contributed by atoms with van der Waals surface area (Å²) in [5.41, 5.74) is 3.43. The molecule has 0 radical (unpaired) electrons. The molecule has 3 nitrogen and oxygen atoms in total. The highest BCUT2D eigenvalue weighted by molar-refractivity contribution is 5.79. The average molecular weight is 403 g/mol. The van der Waals surface area contributed by atoms with Gasteiger partial charge in [0.15, 0.2) is 0 Å². The number of carbonyl (C=O) groups is 1. The Morgan fingerprint density at radius 2 is 1.53 bits per heavy atom. The van der Waals surface area contributed by atoms with Crippen LogP contribution in [0.3, 0.4) is 0 Å². The van der Waals surface area contributed by atoms with E-state index in [1.165, 1.54) is 17.7 Å². The molecule has 1 aliphatic rings. The first kappa shape index (κ1) is 20.3. The van der Waals surface area contributed by atoms with Gasteiger partial charge >= 0.3 is 0 Å². The van der Waals surface area contributed by atoms with Crippen LogP contribution in [0, 0.1) is 11.7 Å². The SMILES string of the molecule is O=C(NCc1ccccc1)[C@H]1CC[C@H](c2ccccc2)N(Cc2ccc(F)cc2)C1. The van der Waals surface area contributed by atoms with Crippen LogP contribution < -0.4 is 5.32 Å². The highest BCUT2D eigenvalue weighted by Gasteiger charge is 2.32. The maximum Gasteiger partial charge on any atom is 0.224 e. The minimum absolute atomic E-state index is 0.0471. The van der Waals surface area contributed by atoms with Crippen LogP contribution in [0.25, 0.3) is 0 Å². The van der Waals surface area contributed by atoms with Crippen LogP contribution in [0.2, 0.25) is 0 Å². The van der Waals surface area contributed by atoms with Gasteiger partial charge in [0.1, 0.15) is 5.82 Å². The van der Waals surface area contributed by atoms with E-state index in [1.54, 1.807) is 0 Å². The van der Waals surface area contributed by atoms with E-state index in [-0.39, 0.29) is 23.7 Å². The molecule has 1 amide bonds. The summed E-state index contributed by atoms with van der Waals surface area (Å²) in [7, 11) is 0. The molecule has 3 aromatic rings. The van der Waals surface area contributed by atoms with Crippen LogP contribution in [0.15, 0.2) is 84.9 Å². The molecular formula is C26H27FN2O. The Kier molecular flexibility index (Phi) is 6.55. The van der Waals surface area contributed by atoms with E-state index in [0.717, 1.165) is 24.0 Å². The molecule has 0 unspecified atom stereocenters. The van der Waals surface area contributed by atoms with Gasteiger partial charge in [-0.1, -0.05) is 72.8 Å².